The van der Waals surface area contributed by atoms with Gasteiger partial charge in [-0.2, -0.15) is 17.0 Å². The Labute approximate surface area is 139 Å². The molecule has 2 atom stereocenters. The maximum Gasteiger partial charge on any atom is 0.281 e. The molecule has 0 saturated carbocycles. The van der Waals surface area contributed by atoms with Crippen molar-refractivity contribution in [3.05, 3.63) is 0 Å². The summed E-state index contributed by atoms with van der Waals surface area (Å²) >= 11 is 0. The SMILES string of the molecule is O=C(NCC1CCCN(S(=O)(=O)N2CCCC2)C1)C1CCCN1. The zero-order valence-corrected chi connectivity index (χ0v) is 14.5. The Balaban J connectivity index is 1.50. The van der Waals surface area contributed by atoms with Gasteiger partial charge < -0.3 is 10.6 Å². The second-order valence-corrected chi connectivity index (χ2v) is 8.80. The zero-order valence-electron chi connectivity index (χ0n) is 13.7. The molecule has 3 heterocycles. The molecule has 7 nitrogen and oxygen atoms in total. The second-order valence-electron chi connectivity index (χ2n) is 6.87. The van der Waals surface area contributed by atoms with E-state index in [1.807, 2.05) is 0 Å². The van der Waals surface area contributed by atoms with Crippen LogP contribution in [0.15, 0.2) is 0 Å². The molecule has 3 aliphatic heterocycles. The van der Waals surface area contributed by atoms with Crippen LogP contribution in [0.5, 0.6) is 0 Å². The highest BCUT2D eigenvalue weighted by molar-refractivity contribution is 7.86. The molecule has 0 bridgehead atoms. The van der Waals surface area contributed by atoms with E-state index in [4.69, 9.17) is 0 Å². The zero-order chi connectivity index (χ0) is 16.3. The van der Waals surface area contributed by atoms with Gasteiger partial charge in [-0.05, 0) is 51.0 Å². The molecule has 1 amide bonds. The number of piperidine rings is 1. The van der Waals surface area contributed by atoms with Gasteiger partial charge in [0.25, 0.3) is 10.2 Å². The number of amides is 1. The molecule has 3 saturated heterocycles. The van der Waals surface area contributed by atoms with Crippen LogP contribution in [0.2, 0.25) is 0 Å². The lowest BCUT2D eigenvalue weighted by Gasteiger charge is -2.34. The quantitative estimate of drug-likeness (QED) is 0.730. The molecule has 0 aliphatic carbocycles. The minimum atomic E-state index is -3.31. The van der Waals surface area contributed by atoms with Crippen LogP contribution < -0.4 is 10.6 Å². The molecular weight excluding hydrogens is 316 g/mol. The van der Waals surface area contributed by atoms with Crippen LogP contribution in [-0.4, -0.2) is 68.2 Å². The van der Waals surface area contributed by atoms with Crippen molar-refractivity contribution in [2.24, 2.45) is 5.92 Å². The fourth-order valence-corrected chi connectivity index (χ4v) is 5.57. The summed E-state index contributed by atoms with van der Waals surface area (Å²) in [5.41, 5.74) is 0. The highest BCUT2D eigenvalue weighted by atomic mass is 32.2. The highest BCUT2D eigenvalue weighted by Crippen LogP contribution is 2.23. The Hall–Kier alpha value is -0.700. The molecule has 3 fully saturated rings. The molecule has 8 heteroatoms. The van der Waals surface area contributed by atoms with Gasteiger partial charge in [0.1, 0.15) is 0 Å². The Bertz CT molecular complexity index is 513. The fraction of sp³-hybridized carbons (Fsp3) is 0.933. The summed E-state index contributed by atoms with van der Waals surface area (Å²) in [6.45, 7) is 3.90. The third-order valence-corrected chi connectivity index (χ3v) is 7.14. The van der Waals surface area contributed by atoms with Gasteiger partial charge in [-0.1, -0.05) is 0 Å². The third kappa shape index (κ3) is 4.04. The van der Waals surface area contributed by atoms with Gasteiger partial charge in [-0.15, -0.1) is 0 Å². The van der Waals surface area contributed by atoms with E-state index in [1.165, 1.54) is 0 Å². The Kier molecular flexibility index (Phi) is 5.56. The monoisotopic (exact) mass is 344 g/mol. The van der Waals surface area contributed by atoms with Crippen molar-refractivity contribution in [2.75, 3.05) is 39.3 Å². The van der Waals surface area contributed by atoms with E-state index in [-0.39, 0.29) is 17.9 Å². The van der Waals surface area contributed by atoms with E-state index < -0.39 is 10.2 Å². The average molecular weight is 344 g/mol. The number of nitrogens with one attached hydrogen (secondary N) is 2. The summed E-state index contributed by atoms with van der Waals surface area (Å²) in [4.78, 5) is 12.1. The van der Waals surface area contributed by atoms with Crippen molar-refractivity contribution < 1.29 is 13.2 Å². The third-order valence-electron chi connectivity index (χ3n) is 5.14. The molecule has 0 spiro atoms. The summed E-state index contributed by atoms with van der Waals surface area (Å²) < 4.78 is 28.5. The average Bonchev–Trinajstić information content (AvgIpc) is 3.25. The smallest absolute Gasteiger partial charge is 0.281 e. The van der Waals surface area contributed by atoms with Gasteiger partial charge in [-0.3, -0.25) is 4.79 Å². The molecule has 0 aromatic rings. The first-order valence-corrected chi connectivity index (χ1v) is 10.2. The number of hydrogen-bond donors (Lipinski definition) is 2. The first kappa shape index (κ1) is 17.1. The predicted molar refractivity (Wildman–Crippen MR) is 88.1 cm³/mol. The summed E-state index contributed by atoms with van der Waals surface area (Å²) in [5, 5.41) is 6.19. The van der Waals surface area contributed by atoms with E-state index in [0.29, 0.717) is 32.7 Å². The van der Waals surface area contributed by atoms with E-state index >= 15 is 0 Å². The van der Waals surface area contributed by atoms with Gasteiger partial charge in [0.2, 0.25) is 5.91 Å². The lowest BCUT2D eigenvalue weighted by molar-refractivity contribution is -0.123. The van der Waals surface area contributed by atoms with Crippen LogP contribution in [0, 0.1) is 5.92 Å². The van der Waals surface area contributed by atoms with Gasteiger partial charge in [0.15, 0.2) is 0 Å². The number of carbonyl (C=O) groups is 1. The molecule has 0 radical (unpaired) electrons. The maximum absolute atomic E-state index is 12.6. The standard InChI is InChI=1S/C15H28N4O3S/c20-15(14-6-3-7-16-14)17-11-13-5-4-10-19(12-13)23(21,22)18-8-1-2-9-18/h13-14,16H,1-12H2,(H,17,20). The van der Waals surface area contributed by atoms with Crippen LogP contribution >= 0.6 is 0 Å². The van der Waals surface area contributed by atoms with Crippen LogP contribution in [-0.2, 0) is 15.0 Å². The van der Waals surface area contributed by atoms with Crippen LogP contribution in [0.25, 0.3) is 0 Å². The summed E-state index contributed by atoms with van der Waals surface area (Å²) in [6, 6.07) is -0.0666. The largest absolute Gasteiger partial charge is 0.354 e. The number of nitrogens with zero attached hydrogens (tertiary/aromatic N) is 2. The minimum absolute atomic E-state index is 0.0574. The second kappa shape index (κ2) is 7.46. The van der Waals surface area contributed by atoms with Gasteiger partial charge in [-0.25, -0.2) is 0 Å². The molecule has 3 rings (SSSR count). The van der Waals surface area contributed by atoms with Crippen molar-refractivity contribution in [1.82, 2.24) is 19.2 Å². The number of carbonyl (C=O) groups excluding carboxylic acids is 1. The Morgan fingerprint density at radius 2 is 1.78 bits per heavy atom. The number of hydrogen-bond acceptors (Lipinski definition) is 4. The minimum Gasteiger partial charge on any atom is -0.354 e. The predicted octanol–water partition coefficient (Wildman–Crippen LogP) is -0.0928. The van der Waals surface area contributed by atoms with Crippen molar-refractivity contribution in [3.63, 3.8) is 0 Å². The van der Waals surface area contributed by atoms with Crippen LogP contribution in [0.4, 0.5) is 0 Å². The van der Waals surface area contributed by atoms with Crippen molar-refractivity contribution in [3.8, 4) is 0 Å². The Morgan fingerprint density at radius 1 is 1.04 bits per heavy atom. The highest BCUT2D eigenvalue weighted by Gasteiger charge is 2.35. The van der Waals surface area contributed by atoms with E-state index in [2.05, 4.69) is 10.6 Å². The number of rotatable bonds is 5. The molecule has 3 aliphatic rings. The maximum atomic E-state index is 12.6. The van der Waals surface area contributed by atoms with Crippen molar-refractivity contribution in [2.45, 2.75) is 44.6 Å². The Morgan fingerprint density at radius 3 is 2.48 bits per heavy atom. The molecule has 0 aromatic carbocycles. The van der Waals surface area contributed by atoms with Crippen LogP contribution in [0.3, 0.4) is 0 Å². The summed E-state index contributed by atoms with van der Waals surface area (Å²) in [6.07, 6.45) is 5.71. The van der Waals surface area contributed by atoms with Gasteiger partial charge in [0.05, 0.1) is 6.04 Å². The van der Waals surface area contributed by atoms with E-state index in [9.17, 15) is 13.2 Å². The molecule has 0 aromatic heterocycles. The lowest BCUT2D eigenvalue weighted by Crippen LogP contribution is -2.49. The lowest BCUT2D eigenvalue weighted by atomic mass is 9.99. The van der Waals surface area contributed by atoms with E-state index in [1.54, 1.807) is 8.61 Å². The first-order valence-electron chi connectivity index (χ1n) is 8.83. The van der Waals surface area contributed by atoms with Crippen molar-refractivity contribution in [1.29, 1.82) is 0 Å². The van der Waals surface area contributed by atoms with Crippen molar-refractivity contribution >= 4 is 16.1 Å². The molecule has 132 valence electrons. The first-order chi connectivity index (χ1) is 11.1. The molecular formula is C15H28N4O3S. The fourth-order valence-electron chi connectivity index (χ4n) is 3.76. The van der Waals surface area contributed by atoms with Crippen LogP contribution in [0.1, 0.15) is 38.5 Å². The topological polar surface area (TPSA) is 81.8 Å². The molecule has 23 heavy (non-hydrogen) atoms. The molecule has 2 N–H and O–H groups in total. The summed E-state index contributed by atoms with van der Waals surface area (Å²) in [7, 11) is -3.31. The van der Waals surface area contributed by atoms with E-state index in [0.717, 1.165) is 45.1 Å². The summed E-state index contributed by atoms with van der Waals surface area (Å²) in [5.74, 6) is 0.272. The molecule has 2 unspecified atom stereocenters. The van der Waals surface area contributed by atoms with Gasteiger partial charge in [0, 0.05) is 32.7 Å². The van der Waals surface area contributed by atoms with Gasteiger partial charge >= 0.3 is 0 Å². The normalized spacial score (nSPS) is 30.6.